The molecular weight excluding hydrogens is 166 g/mol. The van der Waals surface area contributed by atoms with Gasteiger partial charge in [0, 0.05) is 31.9 Å². The largest absolute Gasteiger partial charge is 0.335 e. The second-order valence-corrected chi connectivity index (χ2v) is 2.80. The Kier molecular flexibility index (Phi) is 3.25. The Morgan fingerprint density at radius 3 is 2.92 bits per heavy atom. The molecule has 1 N–H and O–H groups in total. The molecule has 0 spiro atoms. The normalized spacial score (nSPS) is 9.62. The Hall–Kier alpha value is -1.58. The van der Waals surface area contributed by atoms with E-state index in [0.717, 1.165) is 5.69 Å². The monoisotopic (exact) mass is 178 g/mol. The van der Waals surface area contributed by atoms with Gasteiger partial charge in [-0.2, -0.15) is 0 Å². The second-order valence-electron chi connectivity index (χ2n) is 2.80. The SMILES string of the molecule is CN(CCc1ccccn1)C([NH])=O. The minimum absolute atomic E-state index is 0.541. The fourth-order valence-corrected chi connectivity index (χ4v) is 0.930. The van der Waals surface area contributed by atoms with Gasteiger partial charge in [0.2, 0.25) is 0 Å². The summed E-state index contributed by atoms with van der Waals surface area (Å²) in [6.07, 6.45) is 2.42. The number of pyridine rings is 1. The van der Waals surface area contributed by atoms with Gasteiger partial charge in [0.1, 0.15) is 0 Å². The van der Waals surface area contributed by atoms with Crippen LogP contribution in [0.5, 0.6) is 0 Å². The lowest BCUT2D eigenvalue weighted by Gasteiger charge is -2.12. The summed E-state index contributed by atoms with van der Waals surface area (Å²) in [6.45, 7) is 0.541. The van der Waals surface area contributed by atoms with Crippen LogP contribution in [0.1, 0.15) is 5.69 Å². The van der Waals surface area contributed by atoms with Crippen molar-refractivity contribution in [2.24, 2.45) is 0 Å². The number of urea groups is 1. The highest BCUT2D eigenvalue weighted by atomic mass is 16.2. The van der Waals surface area contributed by atoms with Gasteiger partial charge in [-0.15, -0.1) is 0 Å². The second kappa shape index (κ2) is 4.45. The standard InChI is InChI=1S/C9H12N3O/c1-12(9(10)13)7-5-8-4-2-3-6-11-8/h2-4,6,10H,5,7H2,1H3. The summed E-state index contributed by atoms with van der Waals surface area (Å²) in [4.78, 5) is 16.0. The number of likely N-dealkylation sites (N-methyl/N-ethyl adjacent to an activating group) is 1. The van der Waals surface area contributed by atoms with Crippen LogP contribution in [0, 0.1) is 0 Å². The topological polar surface area (TPSA) is 57.0 Å². The number of carbonyl (C=O) groups excluding carboxylic acids is 1. The fourth-order valence-electron chi connectivity index (χ4n) is 0.930. The Labute approximate surface area is 77.4 Å². The number of carbonyl (C=O) groups is 1. The van der Waals surface area contributed by atoms with E-state index in [9.17, 15) is 4.79 Å². The van der Waals surface area contributed by atoms with Crippen LogP contribution in [0.2, 0.25) is 0 Å². The molecule has 1 rings (SSSR count). The van der Waals surface area contributed by atoms with Gasteiger partial charge in [0.15, 0.2) is 0 Å². The highest BCUT2D eigenvalue weighted by molar-refractivity contribution is 5.70. The number of amides is 2. The van der Waals surface area contributed by atoms with Crippen molar-refractivity contribution in [2.75, 3.05) is 13.6 Å². The quantitative estimate of drug-likeness (QED) is 0.692. The lowest BCUT2D eigenvalue weighted by atomic mass is 10.2. The average molecular weight is 178 g/mol. The van der Waals surface area contributed by atoms with Crippen molar-refractivity contribution in [3.8, 4) is 0 Å². The maximum atomic E-state index is 10.5. The predicted octanol–water partition coefficient (Wildman–Crippen LogP) is 0.959. The third-order valence-electron chi connectivity index (χ3n) is 1.78. The molecule has 4 heteroatoms. The molecule has 0 saturated heterocycles. The van der Waals surface area contributed by atoms with E-state index in [1.165, 1.54) is 4.90 Å². The zero-order chi connectivity index (χ0) is 9.68. The van der Waals surface area contributed by atoms with Crippen LogP contribution in [0.4, 0.5) is 4.79 Å². The number of rotatable bonds is 3. The van der Waals surface area contributed by atoms with E-state index in [0.29, 0.717) is 13.0 Å². The zero-order valence-electron chi connectivity index (χ0n) is 7.53. The summed E-state index contributed by atoms with van der Waals surface area (Å²) in [5.41, 5.74) is 7.76. The minimum Gasteiger partial charge on any atom is -0.326 e. The first-order valence-corrected chi connectivity index (χ1v) is 4.07. The first-order valence-electron chi connectivity index (χ1n) is 4.07. The molecule has 0 aliphatic carbocycles. The van der Waals surface area contributed by atoms with Crippen LogP contribution in [-0.2, 0) is 6.42 Å². The van der Waals surface area contributed by atoms with Crippen LogP contribution in [0.3, 0.4) is 0 Å². The Morgan fingerprint density at radius 2 is 2.38 bits per heavy atom. The molecule has 2 amide bonds. The summed E-state index contributed by atoms with van der Waals surface area (Å²) in [5, 5.41) is 0. The number of nitrogens with one attached hydrogen (secondary N) is 1. The van der Waals surface area contributed by atoms with Gasteiger partial charge in [0.05, 0.1) is 0 Å². The number of hydrogen-bond acceptors (Lipinski definition) is 2. The molecule has 0 unspecified atom stereocenters. The third kappa shape index (κ3) is 3.11. The Morgan fingerprint density at radius 1 is 1.62 bits per heavy atom. The third-order valence-corrected chi connectivity index (χ3v) is 1.78. The highest BCUT2D eigenvalue weighted by Gasteiger charge is 2.03. The van der Waals surface area contributed by atoms with Gasteiger partial charge in [0.25, 0.3) is 0 Å². The van der Waals surface area contributed by atoms with Gasteiger partial charge in [-0.05, 0) is 12.1 Å². The van der Waals surface area contributed by atoms with Crippen molar-refractivity contribution in [3.05, 3.63) is 30.1 Å². The van der Waals surface area contributed by atoms with E-state index >= 15 is 0 Å². The molecule has 0 bridgehead atoms. The van der Waals surface area contributed by atoms with Gasteiger partial charge >= 0.3 is 6.03 Å². The molecule has 0 aliphatic heterocycles. The summed E-state index contributed by atoms with van der Waals surface area (Å²) in [6, 6.07) is 5.01. The summed E-state index contributed by atoms with van der Waals surface area (Å²) in [5.74, 6) is 0. The fraction of sp³-hybridized carbons (Fsp3) is 0.333. The van der Waals surface area contributed by atoms with E-state index in [2.05, 4.69) is 4.98 Å². The van der Waals surface area contributed by atoms with Crippen LogP contribution >= 0.6 is 0 Å². The number of hydrogen-bond donors (Lipinski definition) is 0. The zero-order valence-corrected chi connectivity index (χ0v) is 7.53. The molecule has 1 radical (unpaired) electrons. The summed E-state index contributed by atoms with van der Waals surface area (Å²) in [7, 11) is 1.61. The molecule has 1 aromatic heterocycles. The maximum Gasteiger partial charge on any atom is 0.335 e. The lowest BCUT2D eigenvalue weighted by Crippen LogP contribution is -2.28. The summed E-state index contributed by atoms with van der Waals surface area (Å²) < 4.78 is 0. The van der Waals surface area contributed by atoms with Crippen LogP contribution < -0.4 is 5.73 Å². The van der Waals surface area contributed by atoms with E-state index < -0.39 is 6.03 Å². The smallest absolute Gasteiger partial charge is 0.326 e. The van der Waals surface area contributed by atoms with Crippen molar-refractivity contribution >= 4 is 6.03 Å². The molecule has 1 heterocycles. The van der Waals surface area contributed by atoms with E-state index in [1.54, 1.807) is 13.2 Å². The van der Waals surface area contributed by atoms with Gasteiger partial charge in [-0.25, -0.2) is 10.5 Å². The predicted molar refractivity (Wildman–Crippen MR) is 49.1 cm³/mol. The van der Waals surface area contributed by atoms with Gasteiger partial charge in [-0.3, -0.25) is 4.98 Å². The van der Waals surface area contributed by atoms with Gasteiger partial charge in [-0.1, -0.05) is 6.07 Å². The molecule has 0 aromatic carbocycles. The molecule has 1 aromatic rings. The molecule has 69 valence electrons. The molecule has 0 saturated carbocycles. The number of nitrogens with zero attached hydrogens (tertiary/aromatic N) is 2. The Bertz CT molecular complexity index is 273. The van der Waals surface area contributed by atoms with E-state index in [-0.39, 0.29) is 0 Å². The van der Waals surface area contributed by atoms with Crippen molar-refractivity contribution < 1.29 is 4.79 Å². The minimum atomic E-state index is -0.657. The molecule has 0 atom stereocenters. The van der Waals surface area contributed by atoms with Crippen LogP contribution in [-0.4, -0.2) is 29.5 Å². The number of aromatic nitrogens is 1. The van der Waals surface area contributed by atoms with Gasteiger partial charge < -0.3 is 4.90 Å². The van der Waals surface area contributed by atoms with Crippen molar-refractivity contribution in [1.29, 1.82) is 0 Å². The lowest BCUT2D eigenvalue weighted by molar-refractivity contribution is 0.217. The molecule has 4 nitrogen and oxygen atoms in total. The summed E-state index contributed by atoms with van der Waals surface area (Å²) >= 11 is 0. The van der Waals surface area contributed by atoms with Crippen molar-refractivity contribution in [2.45, 2.75) is 6.42 Å². The molecular formula is C9H12N3O. The Balaban J connectivity index is 2.39. The first-order chi connectivity index (χ1) is 6.20. The molecule has 13 heavy (non-hydrogen) atoms. The van der Waals surface area contributed by atoms with E-state index in [1.807, 2.05) is 18.2 Å². The first kappa shape index (κ1) is 9.51. The average Bonchev–Trinajstić information content (AvgIpc) is 2.15. The maximum absolute atomic E-state index is 10.5. The highest BCUT2D eigenvalue weighted by Crippen LogP contribution is 1.96. The van der Waals surface area contributed by atoms with Crippen molar-refractivity contribution in [3.63, 3.8) is 0 Å². The van der Waals surface area contributed by atoms with E-state index in [4.69, 9.17) is 5.73 Å². The molecule has 0 fully saturated rings. The van der Waals surface area contributed by atoms with Crippen LogP contribution in [0.15, 0.2) is 24.4 Å². The van der Waals surface area contributed by atoms with Crippen molar-refractivity contribution in [1.82, 2.24) is 15.6 Å². The van der Waals surface area contributed by atoms with Crippen LogP contribution in [0.25, 0.3) is 0 Å². The molecule has 0 aliphatic rings.